The molecule has 0 saturated carbocycles. The van der Waals surface area contributed by atoms with E-state index >= 15 is 0 Å². The molecule has 0 bridgehead atoms. The molecule has 1 amide bonds. The van der Waals surface area contributed by atoms with Gasteiger partial charge in [-0.15, -0.1) is 24.2 Å². The molecule has 2 aromatic rings. The summed E-state index contributed by atoms with van der Waals surface area (Å²) in [6, 6.07) is 0. The summed E-state index contributed by atoms with van der Waals surface area (Å²) in [4.78, 5) is 30.1. The van der Waals surface area contributed by atoms with Gasteiger partial charge >= 0.3 is 0 Å². The number of aromatic nitrogens is 4. The van der Waals surface area contributed by atoms with Gasteiger partial charge in [0.05, 0.1) is 11.2 Å². The Balaban J connectivity index is 0.00000176. The lowest BCUT2D eigenvalue weighted by Gasteiger charge is -2.25. The Labute approximate surface area is 137 Å². The van der Waals surface area contributed by atoms with Crippen LogP contribution in [0.15, 0.2) is 23.8 Å². The van der Waals surface area contributed by atoms with Crippen molar-refractivity contribution in [2.24, 2.45) is 5.73 Å². The molecule has 0 radical (unpaired) electrons. The Morgan fingerprint density at radius 1 is 1.45 bits per heavy atom. The number of imidazole rings is 1. The van der Waals surface area contributed by atoms with Gasteiger partial charge in [0.15, 0.2) is 11.5 Å². The number of anilines is 1. The monoisotopic (exact) mass is 341 g/mol. The highest BCUT2D eigenvalue weighted by molar-refractivity contribution is 8.04. The van der Waals surface area contributed by atoms with Gasteiger partial charge in [-0.05, 0) is 0 Å². The molecule has 3 heterocycles. The highest BCUT2D eigenvalue weighted by Crippen LogP contribution is 2.27. The molecule has 8 nitrogen and oxygen atoms in total. The molecular weight excluding hydrogens is 326 g/mol. The second kappa shape index (κ2) is 7.43. The predicted octanol–water partition coefficient (Wildman–Crippen LogP) is 0.244. The van der Waals surface area contributed by atoms with Crippen LogP contribution in [0.2, 0.25) is 0 Å². The van der Waals surface area contributed by atoms with Crippen LogP contribution in [0.1, 0.15) is 0 Å². The number of amides is 1. The van der Waals surface area contributed by atoms with Gasteiger partial charge < -0.3 is 20.9 Å². The minimum atomic E-state index is -0.106. The van der Waals surface area contributed by atoms with Gasteiger partial charge in [0, 0.05) is 31.6 Å². The van der Waals surface area contributed by atoms with Crippen LogP contribution in [-0.4, -0.2) is 51.2 Å². The van der Waals surface area contributed by atoms with E-state index in [0.717, 1.165) is 23.6 Å². The SMILES string of the molecule is Cl.NCCNC(=O)C1=CN(c2ncnc3nc[nH]c23)CCS1. The van der Waals surface area contributed by atoms with Crippen molar-refractivity contribution in [1.82, 2.24) is 25.3 Å². The molecule has 0 atom stereocenters. The van der Waals surface area contributed by atoms with Crippen molar-refractivity contribution in [3.8, 4) is 0 Å². The van der Waals surface area contributed by atoms with Crippen LogP contribution in [0.3, 0.4) is 0 Å². The lowest BCUT2D eigenvalue weighted by atomic mass is 10.4. The highest BCUT2D eigenvalue weighted by Gasteiger charge is 2.20. The van der Waals surface area contributed by atoms with Crippen molar-refractivity contribution in [3.63, 3.8) is 0 Å². The average molecular weight is 342 g/mol. The fraction of sp³-hybridized carbons (Fsp3) is 0.333. The fourth-order valence-electron chi connectivity index (χ4n) is 2.03. The number of H-pyrrole nitrogens is 1. The summed E-state index contributed by atoms with van der Waals surface area (Å²) in [5.74, 6) is 1.42. The minimum Gasteiger partial charge on any atom is -0.350 e. The van der Waals surface area contributed by atoms with E-state index in [9.17, 15) is 4.79 Å². The number of rotatable bonds is 4. The average Bonchev–Trinajstić information content (AvgIpc) is 3.01. The zero-order valence-electron chi connectivity index (χ0n) is 11.7. The van der Waals surface area contributed by atoms with Gasteiger partial charge in [-0.2, -0.15) is 0 Å². The molecule has 0 aliphatic carbocycles. The van der Waals surface area contributed by atoms with E-state index in [1.807, 2.05) is 11.1 Å². The highest BCUT2D eigenvalue weighted by atomic mass is 35.5. The van der Waals surface area contributed by atoms with Gasteiger partial charge in [0.1, 0.15) is 11.8 Å². The number of fused-ring (bicyclic) bond motifs is 1. The summed E-state index contributed by atoms with van der Waals surface area (Å²) in [5.41, 5.74) is 6.77. The van der Waals surface area contributed by atoms with Crippen molar-refractivity contribution in [1.29, 1.82) is 0 Å². The zero-order chi connectivity index (χ0) is 14.7. The summed E-state index contributed by atoms with van der Waals surface area (Å²) >= 11 is 1.52. The number of nitrogens with two attached hydrogens (primary N) is 1. The molecule has 1 aliphatic heterocycles. The number of thioether (sulfide) groups is 1. The third-order valence-corrected chi connectivity index (χ3v) is 3.98. The summed E-state index contributed by atoms with van der Waals surface area (Å²) in [6.07, 6.45) is 4.87. The standard InChI is InChI=1S/C12H15N7OS.ClH/c13-1-2-14-12(20)8-5-19(3-4-21-8)11-9-10(16-6-15-9)17-7-18-11;/h5-7H,1-4,13H2,(H,14,20)(H,15,16,17,18);1H. The summed E-state index contributed by atoms with van der Waals surface area (Å²) in [7, 11) is 0. The van der Waals surface area contributed by atoms with E-state index in [-0.39, 0.29) is 18.3 Å². The Kier molecular flexibility index (Phi) is 5.58. The minimum absolute atomic E-state index is 0. The van der Waals surface area contributed by atoms with E-state index < -0.39 is 0 Å². The quantitative estimate of drug-likeness (QED) is 0.730. The van der Waals surface area contributed by atoms with E-state index in [4.69, 9.17) is 5.73 Å². The summed E-state index contributed by atoms with van der Waals surface area (Å²) in [6.45, 7) is 1.66. The van der Waals surface area contributed by atoms with Crippen LogP contribution in [-0.2, 0) is 4.79 Å². The maximum absolute atomic E-state index is 12.0. The number of aromatic amines is 1. The molecule has 0 unspecified atom stereocenters. The van der Waals surface area contributed by atoms with Crippen LogP contribution >= 0.6 is 24.2 Å². The number of hydrogen-bond donors (Lipinski definition) is 3. The second-order valence-corrected chi connectivity index (χ2v) is 5.51. The molecule has 10 heteroatoms. The molecule has 4 N–H and O–H groups in total. The first-order chi connectivity index (χ1) is 10.3. The van der Waals surface area contributed by atoms with E-state index in [2.05, 4.69) is 25.3 Å². The molecular formula is C12H16ClN7OS. The topological polar surface area (TPSA) is 113 Å². The first-order valence-corrected chi connectivity index (χ1v) is 7.52. The molecule has 0 spiro atoms. The van der Waals surface area contributed by atoms with Crippen molar-refractivity contribution >= 4 is 47.1 Å². The van der Waals surface area contributed by atoms with Gasteiger partial charge in [0.2, 0.25) is 0 Å². The van der Waals surface area contributed by atoms with Gasteiger partial charge in [-0.1, -0.05) is 0 Å². The van der Waals surface area contributed by atoms with Gasteiger partial charge in [0.25, 0.3) is 5.91 Å². The van der Waals surface area contributed by atoms with Crippen molar-refractivity contribution in [3.05, 3.63) is 23.8 Å². The Bertz CT molecular complexity index is 689. The number of halogens is 1. The van der Waals surface area contributed by atoms with Gasteiger partial charge in [-0.25, -0.2) is 15.0 Å². The molecule has 22 heavy (non-hydrogen) atoms. The van der Waals surface area contributed by atoms with E-state index in [1.165, 1.54) is 18.1 Å². The number of nitrogens with one attached hydrogen (secondary N) is 2. The predicted molar refractivity (Wildman–Crippen MR) is 88.9 cm³/mol. The summed E-state index contributed by atoms with van der Waals surface area (Å²) < 4.78 is 0. The van der Waals surface area contributed by atoms with Crippen LogP contribution in [0.4, 0.5) is 5.82 Å². The Morgan fingerprint density at radius 3 is 3.14 bits per heavy atom. The van der Waals surface area contributed by atoms with Crippen LogP contribution in [0, 0.1) is 0 Å². The number of hydrogen-bond acceptors (Lipinski definition) is 7. The number of carbonyl (C=O) groups excluding carboxylic acids is 1. The molecule has 0 saturated heterocycles. The lowest BCUT2D eigenvalue weighted by Crippen LogP contribution is -2.33. The lowest BCUT2D eigenvalue weighted by molar-refractivity contribution is -0.116. The normalized spacial score (nSPS) is 14.4. The molecule has 118 valence electrons. The third kappa shape index (κ3) is 3.32. The smallest absolute Gasteiger partial charge is 0.259 e. The van der Waals surface area contributed by atoms with Crippen molar-refractivity contribution in [2.45, 2.75) is 0 Å². The molecule has 2 aromatic heterocycles. The van der Waals surface area contributed by atoms with Crippen LogP contribution in [0.25, 0.3) is 11.2 Å². The Hall–Kier alpha value is -1.84. The third-order valence-electron chi connectivity index (χ3n) is 2.99. The van der Waals surface area contributed by atoms with Crippen molar-refractivity contribution < 1.29 is 4.79 Å². The zero-order valence-corrected chi connectivity index (χ0v) is 13.3. The van der Waals surface area contributed by atoms with Crippen LogP contribution < -0.4 is 16.0 Å². The van der Waals surface area contributed by atoms with E-state index in [1.54, 1.807) is 6.33 Å². The first kappa shape index (κ1) is 16.5. The van der Waals surface area contributed by atoms with Crippen LogP contribution in [0.5, 0.6) is 0 Å². The Morgan fingerprint density at radius 2 is 2.32 bits per heavy atom. The maximum Gasteiger partial charge on any atom is 0.259 e. The second-order valence-electron chi connectivity index (χ2n) is 4.38. The van der Waals surface area contributed by atoms with Gasteiger partial charge in [-0.3, -0.25) is 4.79 Å². The van der Waals surface area contributed by atoms with Crippen molar-refractivity contribution in [2.75, 3.05) is 30.3 Å². The molecule has 0 aromatic carbocycles. The molecule has 1 aliphatic rings. The van der Waals surface area contributed by atoms with E-state index in [0.29, 0.717) is 23.6 Å². The maximum atomic E-state index is 12.0. The largest absolute Gasteiger partial charge is 0.350 e. The number of carbonyl (C=O) groups is 1. The molecule has 3 rings (SSSR count). The fourth-order valence-corrected chi connectivity index (χ4v) is 2.94. The molecule has 0 fully saturated rings. The first-order valence-electron chi connectivity index (χ1n) is 6.53. The number of nitrogens with zero attached hydrogens (tertiary/aromatic N) is 4. The summed E-state index contributed by atoms with van der Waals surface area (Å²) in [5, 5.41) is 2.77.